The van der Waals surface area contributed by atoms with Gasteiger partial charge in [-0.1, -0.05) is 329 Å². The molecule has 5 heteroatoms. The lowest BCUT2D eigenvalue weighted by molar-refractivity contribution is 0.590. The summed E-state index contributed by atoms with van der Waals surface area (Å²) in [7, 11) is 0. The molecule has 0 bridgehead atoms. The molecule has 0 aliphatic carbocycles. The highest BCUT2D eigenvalue weighted by molar-refractivity contribution is 7.00. The van der Waals surface area contributed by atoms with E-state index in [2.05, 4.69) is 445 Å². The molecule has 4 heterocycles. The van der Waals surface area contributed by atoms with E-state index < -0.39 is 0 Å². The Morgan fingerprint density at radius 3 is 0.894 bits per heavy atom. The van der Waals surface area contributed by atoms with Crippen molar-refractivity contribution < 1.29 is 0 Å². The fourth-order valence-electron chi connectivity index (χ4n) is 18.3. The lowest BCUT2D eigenvalue weighted by atomic mass is 9.33. The van der Waals surface area contributed by atoms with Gasteiger partial charge in [0, 0.05) is 77.9 Å². The summed E-state index contributed by atoms with van der Waals surface area (Å²) in [6.07, 6.45) is 0. The Bertz CT molecular complexity index is 6260. The number of para-hydroxylation sites is 4. The van der Waals surface area contributed by atoms with Crippen LogP contribution in [0.25, 0.3) is 133 Å². The molecule has 0 saturated heterocycles. The maximum atomic E-state index is 2.73. The third kappa shape index (κ3) is 11.6. The predicted octanol–water partition coefficient (Wildman–Crippen LogP) is 27.5. The van der Waals surface area contributed by atoms with Gasteiger partial charge in [0.25, 0.3) is 6.71 Å². The number of aromatic nitrogens is 2. The molecule has 20 rings (SSSR count). The van der Waals surface area contributed by atoms with Gasteiger partial charge in [-0.2, -0.15) is 0 Å². The normalized spacial score (nSPS) is 12.8. The van der Waals surface area contributed by atoms with E-state index in [-0.39, 0.29) is 23.0 Å². The summed E-state index contributed by atoms with van der Waals surface area (Å²) in [5.74, 6) is 0. The molecule has 0 saturated carbocycles. The maximum Gasteiger partial charge on any atom is 0.252 e. The van der Waals surface area contributed by atoms with Crippen LogP contribution in [0.5, 0.6) is 0 Å². The van der Waals surface area contributed by atoms with E-state index in [1.807, 2.05) is 0 Å². The monoisotopic (exact) mass is 1450 g/mol. The van der Waals surface area contributed by atoms with Gasteiger partial charge in [0.15, 0.2) is 0 Å². The van der Waals surface area contributed by atoms with Gasteiger partial charge in [-0.15, -0.1) is 0 Å². The van der Waals surface area contributed by atoms with Gasteiger partial charge in [-0.3, -0.25) is 0 Å². The minimum atomic E-state index is -0.340. The molecule has 0 spiro atoms. The Morgan fingerprint density at radius 1 is 0.221 bits per heavy atom. The van der Waals surface area contributed by atoms with Crippen molar-refractivity contribution in [2.75, 3.05) is 9.80 Å². The zero-order valence-corrected chi connectivity index (χ0v) is 65.5. The van der Waals surface area contributed by atoms with Gasteiger partial charge in [0.1, 0.15) is 0 Å². The fraction of sp³-hybridized carbons (Fsp3) is 0.111. The van der Waals surface area contributed by atoms with Crippen molar-refractivity contribution in [3.8, 4) is 89.3 Å². The molecule has 0 fully saturated rings. The first-order valence-electron chi connectivity index (χ1n) is 39.9. The molecule has 2 aromatic heterocycles. The van der Waals surface area contributed by atoms with E-state index >= 15 is 0 Å². The lowest BCUT2D eigenvalue weighted by Gasteiger charge is -2.46. The van der Waals surface area contributed by atoms with Crippen LogP contribution >= 0.6 is 0 Å². The topological polar surface area (TPSA) is 16.3 Å². The first-order chi connectivity index (χ1) is 55.0. The SMILES string of the molecule is CC(C)(C)c1ccc(-c2cc3c4c(c2)N(c2c(-c5ccccc5)cc(C(C)(C)C)cc2-c2ccccc2)c2ccc(-c5cccc6c5c5ccccc5n6-c5ccccc5)cc2B4c2cc(-c4cccc5c4c4ccccc4n5-c4ccccc4)ccc2N3c2c(-c3ccccc3)cc(C(C)(C)C)cc2-c2ccccc2)cc1. The third-order valence-electron chi connectivity index (χ3n) is 23.9. The molecule has 113 heavy (non-hydrogen) atoms. The zero-order chi connectivity index (χ0) is 76.6. The van der Waals surface area contributed by atoms with Crippen molar-refractivity contribution in [2.45, 2.75) is 78.6 Å². The van der Waals surface area contributed by atoms with Crippen LogP contribution in [0.1, 0.15) is 79.0 Å². The highest BCUT2D eigenvalue weighted by atomic mass is 15.2. The molecule has 0 radical (unpaired) electrons. The number of hydrogen-bond donors (Lipinski definition) is 0. The molecule has 2 aliphatic heterocycles. The van der Waals surface area contributed by atoms with E-state index in [4.69, 9.17) is 0 Å². The van der Waals surface area contributed by atoms with Gasteiger partial charge in [0.05, 0.1) is 33.4 Å². The van der Waals surface area contributed by atoms with Gasteiger partial charge in [0.2, 0.25) is 0 Å². The Balaban J connectivity index is 0.981. The smallest absolute Gasteiger partial charge is 0.252 e. The van der Waals surface area contributed by atoms with Gasteiger partial charge >= 0.3 is 0 Å². The van der Waals surface area contributed by atoms with Crippen molar-refractivity contribution in [1.29, 1.82) is 0 Å². The lowest BCUT2D eigenvalue weighted by Crippen LogP contribution is -2.61. The van der Waals surface area contributed by atoms with Crippen LogP contribution in [0.3, 0.4) is 0 Å². The van der Waals surface area contributed by atoms with Crippen molar-refractivity contribution >= 4 is 101 Å². The number of anilines is 6. The van der Waals surface area contributed by atoms with Crippen molar-refractivity contribution in [2.24, 2.45) is 0 Å². The Hall–Kier alpha value is -13.2. The first kappa shape index (κ1) is 69.0. The molecule has 542 valence electrons. The number of hydrogen-bond acceptors (Lipinski definition) is 2. The molecule has 0 unspecified atom stereocenters. The van der Waals surface area contributed by atoms with Crippen LogP contribution in [-0.4, -0.2) is 15.8 Å². The predicted molar refractivity (Wildman–Crippen MR) is 483 cm³/mol. The second kappa shape index (κ2) is 26.8. The molecule has 0 amide bonds. The summed E-state index contributed by atoms with van der Waals surface area (Å²) < 4.78 is 4.91. The second-order valence-corrected chi connectivity index (χ2v) is 34.0. The van der Waals surface area contributed by atoms with E-state index in [1.54, 1.807) is 0 Å². The minimum absolute atomic E-state index is 0.0664. The molecular formula is C108H87BN4. The summed E-state index contributed by atoms with van der Waals surface area (Å²) >= 11 is 0. The van der Waals surface area contributed by atoms with Gasteiger partial charge < -0.3 is 18.9 Å². The maximum absolute atomic E-state index is 2.73. The molecule has 0 atom stereocenters. The summed E-state index contributed by atoms with van der Waals surface area (Å²) in [5.41, 5.74) is 36.8. The fourth-order valence-corrected chi connectivity index (χ4v) is 18.3. The average molecular weight is 1450 g/mol. The zero-order valence-electron chi connectivity index (χ0n) is 65.5. The molecular weight excluding hydrogens is 1360 g/mol. The molecule has 2 aliphatic rings. The summed E-state index contributed by atoms with van der Waals surface area (Å²) in [6.45, 7) is 20.8. The Morgan fingerprint density at radius 2 is 0.540 bits per heavy atom. The second-order valence-electron chi connectivity index (χ2n) is 34.0. The van der Waals surface area contributed by atoms with E-state index in [0.717, 1.165) is 123 Å². The van der Waals surface area contributed by atoms with Crippen LogP contribution in [0.2, 0.25) is 0 Å². The first-order valence-corrected chi connectivity index (χ1v) is 39.9. The van der Waals surface area contributed by atoms with Crippen LogP contribution in [0, 0.1) is 0 Å². The van der Waals surface area contributed by atoms with Crippen LogP contribution in [0.4, 0.5) is 34.1 Å². The number of fused-ring (bicyclic) bond motifs is 10. The standard InChI is InChI=1S/C108H87BN4/c1-106(2,3)78-58-54-70(55-59-78)77-64-99-103-100(65-77)113(105-89(73-38-20-12-21-39-73)68-80(108(7,8)9)69-90(105)74-40-22-13-23-41-74)96-61-57-76(84-49-33-53-98-102(84)86-47-29-31-51-94(86)111(98)82-44-26-15-27-45-82)63-92(96)109(103)91-62-75(83-48-32-52-97-101(83)85-46-28-30-50-93(85)110(97)81-42-24-14-25-43-81)56-60-95(91)112(99)104-87(71-34-16-10-17-35-71)66-79(107(4,5)6)67-88(104)72-36-18-11-19-37-72/h10-69H,1-9H3. The summed E-state index contributed by atoms with van der Waals surface area (Å²) in [6, 6.07) is 138. The van der Waals surface area contributed by atoms with Crippen molar-refractivity contribution in [3.05, 3.63) is 381 Å². The van der Waals surface area contributed by atoms with Crippen LogP contribution < -0.4 is 26.2 Å². The number of benzene rings is 16. The summed E-state index contributed by atoms with van der Waals surface area (Å²) in [4.78, 5) is 5.46. The molecule has 0 N–H and O–H groups in total. The van der Waals surface area contributed by atoms with Crippen LogP contribution in [0.15, 0.2) is 364 Å². The highest BCUT2D eigenvalue weighted by Gasteiger charge is 2.46. The van der Waals surface area contributed by atoms with E-state index in [0.29, 0.717) is 0 Å². The Labute approximate surface area is 663 Å². The summed E-state index contributed by atoms with van der Waals surface area (Å²) in [5, 5.41) is 4.86. The third-order valence-corrected chi connectivity index (χ3v) is 23.9. The molecule has 4 nitrogen and oxygen atoms in total. The van der Waals surface area contributed by atoms with E-state index in [1.165, 1.54) is 76.8 Å². The Kier molecular flexibility index (Phi) is 16.4. The number of nitrogens with zero attached hydrogens (tertiary/aromatic N) is 4. The molecule has 18 aromatic rings. The van der Waals surface area contributed by atoms with E-state index in [9.17, 15) is 0 Å². The van der Waals surface area contributed by atoms with Crippen LogP contribution in [-0.2, 0) is 16.2 Å². The molecule has 16 aromatic carbocycles. The number of rotatable bonds is 11. The van der Waals surface area contributed by atoms with Gasteiger partial charge in [-0.05, 0) is 202 Å². The van der Waals surface area contributed by atoms with Gasteiger partial charge in [-0.25, -0.2) is 0 Å². The van der Waals surface area contributed by atoms with Crippen molar-refractivity contribution in [1.82, 2.24) is 9.13 Å². The average Bonchev–Trinajstić information content (AvgIpc) is 1.26. The minimum Gasteiger partial charge on any atom is -0.310 e. The highest BCUT2D eigenvalue weighted by Crippen LogP contribution is 2.56. The largest absolute Gasteiger partial charge is 0.310 e. The van der Waals surface area contributed by atoms with Crippen molar-refractivity contribution in [3.63, 3.8) is 0 Å². The quantitative estimate of drug-likeness (QED) is 0.120.